The van der Waals surface area contributed by atoms with Gasteiger partial charge in [-0.1, -0.05) is 223 Å². The lowest BCUT2D eigenvalue weighted by atomic mass is 9.97. The molecule has 2 aliphatic heterocycles. The largest absolute Gasteiger partial charge is 0.394 e. The van der Waals surface area contributed by atoms with Crippen molar-refractivity contribution in [1.29, 1.82) is 0 Å². The summed E-state index contributed by atoms with van der Waals surface area (Å²) in [6, 6.07) is -0.913. The van der Waals surface area contributed by atoms with E-state index in [1.54, 1.807) is 6.08 Å². The van der Waals surface area contributed by atoms with Gasteiger partial charge in [0.25, 0.3) is 0 Å². The van der Waals surface area contributed by atoms with Crippen molar-refractivity contribution in [2.24, 2.45) is 0 Å². The highest BCUT2D eigenvalue weighted by Gasteiger charge is 2.51. The van der Waals surface area contributed by atoms with Gasteiger partial charge in [0.05, 0.1) is 32.0 Å². The van der Waals surface area contributed by atoms with Crippen LogP contribution in [0.25, 0.3) is 0 Å². The van der Waals surface area contributed by atoms with E-state index in [9.17, 15) is 45.6 Å². The summed E-state index contributed by atoms with van der Waals surface area (Å²) in [5.41, 5.74) is 0. The van der Waals surface area contributed by atoms with Gasteiger partial charge in [0.2, 0.25) is 5.91 Å². The first kappa shape index (κ1) is 69.1. The topological polar surface area (TPSA) is 228 Å². The quantitative estimate of drug-likeness (QED) is 0.0204. The van der Waals surface area contributed by atoms with Crippen LogP contribution in [-0.2, 0) is 23.7 Å². The van der Waals surface area contributed by atoms with E-state index in [2.05, 4.69) is 55.6 Å². The average Bonchev–Trinajstić information content (AvgIpc) is 3.41. The third-order valence-corrected chi connectivity index (χ3v) is 14.8. The molecule has 1 amide bonds. The number of unbranched alkanes of at least 4 members (excludes halogenated alkanes) is 29. The van der Waals surface area contributed by atoms with Gasteiger partial charge in [-0.2, -0.15) is 0 Å². The van der Waals surface area contributed by atoms with Gasteiger partial charge < -0.3 is 65.1 Å². The summed E-state index contributed by atoms with van der Waals surface area (Å²) in [5.74, 6) is -0.241. The summed E-state index contributed by atoms with van der Waals surface area (Å²) in [6.45, 7) is 2.76. The summed E-state index contributed by atoms with van der Waals surface area (Å²) in [4.78, 5) is 13.2. The highest BCUT2D eigenvalue weighted by Crippen LogP contribution is 2.30. The number of aliphatic hydroxyl groups excluding tert-OH is 8. The Bertz CT molecular complexity index is 1440. The number of amides is 1. The molecular formula is C61H111NO13. The molecule has 2 heterocycles. The van der Waals surface area contributed by atoms with Gasteiger partial charge in [-0.3, -0.25) is 4.79 Å². The predicted molar refractivity (Wildman–Crippen MR) is 300 cm³/mol. The molecule has 14 nitrogen and oxygen atoms in total. The molecule has 0 spiro atoms. The van der Waals surface area contributed by atoms with Gasteiger partial charge in [-0.25, -0.2) is 0 Å². The number of allylic oxidation sites excluding steroid dienone is 7. The summed E-state index contributed by atoms with van der Waals surface area (Å²) in [5, 5.41) is 86.9. The standard InChI is InChI=1S/C61H111NO13/c1-3-5-7-9-11-13-15-16-17-18-19-20-21-22-23-24-25-26-27-28-29-30-31-32-33-34-35-37-39-41-43-45-53(66)62-49(50(65)44-42-40-38-36-14-12-10-8-6-4-2)48-72-60-58(71)56(69)59(52(47-64)74-60)75-61-57(70)55(68)54(67)51(46-63)73-61/h15-16,18-19,21-22,42,44,49-52,54-61,63-65,67-71H,3-14,17,20,23-41,43,45-48H2,1-2H3,(H,62,66)/b16-15-,19-18-,22-21-,44-42+. The van der Waals surface area contributed by atoms with Crippen LogP contribution in [-0.4, -0.2) is 140 Å². The van der Waals surface area contributed by atoms with Gasteiger partial charge >= 0.3 is 0 Å². The Morgan fingerprint density at radius 2 is 0.880 bits per heavy atom. The van der Waals surface area contributed by atoms with Crippen LogP contribution in [0, 0.1) is 0 Å². The highest BCUT2D eigenvalue weighted by molar-refractivity contribution is 5.76. The van der Waals surface area contributed by atoms with Gasteiger partial charge in [-0.15, -0.1) is 0 Å². The number of carbonyl (C=O) groups is 1. The minimum Gasteiger partial charge on any atom is -0.394 e. The number of ether oxygens (including phenoxy) is 4. The van der Waals surface area contributed by atoms with E-state index < -0.39 is 86.8 Å². The minimum absolute atomic E-state index is 0.241. The van der Waals surface area contributed by atoms with E-state index in [1.165, 1.54) is 161 Å². The van der Waals surface area contributed by atoms with Crippen molar-refractivity contribution in [3.8, 4) is 0 Å². The van der Waals surface area contributed by atoms with E-state index in [0.29, 0.717) is 6.42 Å². The van der Waals surface area contributed by atoms with Crippen molar-refractivity contribution in [1.82, 2.24) is 5.32 Å². The maximum Gasteiger partial charge on any atom is 0.220 e. The van der Waals surface area contributed by atoms with Crippen LogP contribution < -0.4 is 5.32 Å². The van der Waals surface area contributed by atoms with Crippen molar-refractivity contribution in [3.05, 3.63) is 48.6 Å². The van der Waals surface area contributed by atoms with E-state index in [1.807, 2.05) is 6.08 Å². The summed E-state index contributed by atoms with van der Waals surface area (Å²) in [7, 11) is 0. The number of carbonyl (C=O) groups excluding carboxylic acids is 1. The third-order valence-electron chi connectivity index (χ3n) is 14.8. The second kappa shape index (κ2) is 46.8. The number of hydrogen-bond acceptors (Lipinski definition) is 13. The van der Waals surface area contributed by atoms with Crippen LogP contribution in [0.15, 0.2) is 48.6 Å². The van der Waals surface area contributed by atoms with E-state index in [4.69, 9.17) is 18.9 Å². The molecule has 14 heteroatoms. The zero-order chi connectivity index (χ0) is 54.6. The lowest BCUT2D eigenvalue weighted by molar-refractivity contribution is -0.359. The Labute approximate surface area is 454 Å². The van der Waals surface area contributed by atoms with Crippen molar-refractivity contribution in [2.75, 3.05) is 19.8 Å². The first-order valence-corrected chi connectivity index (χ1v) is 30.4. The molecule has 438 valence electrons. The minimum atomic E-state index is -1.79. The molecule has 2 fully saturated rings. The van der Waals surface area contributed by atoms with Crippen LogP contribution in [0.2, 0.25) is 0 Å². The smallest absolute Gasteiger partial charge is 0.220 e. The second-order valence-electron chi connectivity index (χ2n) is 21.5. The number of rotatable bonds is 48. The Balaban J connectivity index is 1.63. The van der Waals surface area contributed by atoms with Gasteiger partial charge in [0.15, 0.2) is 12.6 Å². The Morgan fingerprint density at radius 1 is 0.480 bits per heavy atom. The average molecular weight is 1070 g/mol. The molecule has 2 aliphatic rings. The van der Waals surface area contributed by atoms with Crippen molar-refractivity contribution in [2.45, 2.75) is 312 Å². The van der Waals surface area contributed by atoms with Gasteiger partial charge in [0.1, 0.15) is 48.8 Å². The van der Waals surface area contributed by atoms with Gasteiger partial charge in [0, 0.05) is 6.42 Å². The first-order chi connectivity index (χ1) is 36.6. The van der Waals surface area contributed by atoms with Crippen LogP contribution in [0.1, 0.15) is 239 Å². The molecule has 2 saturated heterocycles. The Kier molecular flexibility index (Phi) is 43.1. The molecule has 0 saturated carbocycles. The fraction of sp³-hybridized carbons (Fsp3) is 0.852. The van der Waals surface area contributed by atoms with Crippen LogP contribution >= 0.6 is 0 Å². The fourth-order valence-corrected chi connectivity index (χ4v) is 9.83. The molecule has 12 unspecified atom stereocenters. The van der Waals surface area contributed by atoms with Crippen LogP contribution in [0.4, 0.5) is 0 Å². The number of nitrogens with one attached hydrogen (secondary N) is 1. The lowest BCUT2D eigenvalue weighted by Crippen LogP contribution is -2.65. The molecule has 0 aromatic heterocycles. The molecule has 9 N–H and O–H groups in total. The second-order valence-corrected chi connectivity index (χ2v) is 21.5. The molecule has 2 rings (SSSR count). The molecular weight excluding hydrogens is 955 g/mol. The molecule has 0 radical (unpaired) electrons. The van der Waals surface area contributed by atoms with Crippen molar-refractivity contribution >= 4 is 5.91 Å². The maximum absolute atomic E-state index is 13.2. The molecule has 0 aliphatic carbocycles. The SMILES string of the molecule is CCCCCCC/C=C\C/C=C\C/C=C\CCCCCCCCCCCCCCCCCCC(=O)NC(COC1OC(CO)C(OC2OC(CO)C(O)C(O)C2O)C(O)C1O)C(O)/C=C/CCCCCCCCCC. The zero-order valence-electron chi connectivity index (χ0n) is 47.0. The van der Waals surface area contributed by atoms with Crippen LogP contribution in [0.3, 0.4) is 0 Å². The summed E-state index contributed by atoms with van der Waals surface area (Å²) >= 11 is 0. The molecule has 0 aromatic rings. The fourth-order valence-electron chi connectivity index (χ4n) is 9.83. The first-order valence-electron chi connectivity index (χ1n) is 30.4. The highest BCUT2D eigenvalue weighted by atomic mass is 16.7. The zero-order valence-corrected chi connectivity index (χ0v) is 47.0. The maximum atomic E-state index is 13.2. The Morgan fingerprint density at radius 3 is 1.35 bits per heavy atom. The summed E-state index contributed by atoms with van der Waals surface area (Å²) < 4.78 is 22.7. The van der Waals surface area contributed by atoms with Gasteiger partial charge in [-0.05, 0) is 57.8 Å². The summed E-state index contributed by atoms with van der Waals surface area (Å²) in [6.07, 6.45) is 41.8. The molecule has 0 aromatic carbocycles. The molecule has 12 atom stereocenters. The van der Waals surface area contributed by atoms with E-state index in [-0.39, 0.29) is 18.9 Å². The molecule has 75 heavy (non-hydrogen) atoms. The number of aliphatic hydroxyl groups is 8. The van der Waals surface area contributed by atoms with E-state index in [0.717, 1.165) is 51.4 Å². The van der Waals surface area contributed by atoms with Crippen LogP contribution in [0.5, 0.6) is 0 Å². The lowest BCUT2D eigenvalue weighted by Gasteiger charge is -2.46. The predicted octanol–water partition coefficient (Wildman–Crippen LogP) is 10.4. The normalized spacial score (nSPS) is 25.4. The Hall–Kier alpha value is -2.05. The third kappa shape index (κ3) is 32.6. The van der Waals surface area contributed by atoms with Crippen molar-refractivity contribution in [3.63, 3.8) is 0 Å². The number of hydrogen-bond donors (Lipinski definition) is 9. The van der Waals surface area contributed by atoms with E-state index >= 15 is 0 Å². The molecule has 0 bridgehead atoms. The van der Waals surface area contributed by atoms with Crippen molar-refractivity contribution < 1.29 is 64.6 Å². The monoisotopic (exact) mass is 1070 g/mol.